The quantitative estimate of drug-likeness (QED) is 0.635. The molecule has 0 amide bonds. The number of rotatable bonds is 8. The van der Waals surface area contributed by atoms with Crippen LogP contribution < -0.4 is 0 Å². The van der Waals surface area contributed by atoms with Gasteiger partial charge in [-0.2, -0.15) is 0 Å². The fourth-order valence-corrected chi connectivity index (χ4v) is 3.72. The topological polar surface area (TPSA) is 54.0 Å². The van der Waals surface area contributed by atoms with E-state index in [9.17, 15) is 4.57 Å². The van der Waals surface area contributed by atoms with Crippen LogP contribution in [0.1, 0.15) is 41.0 Å². The van der Waals surface area contributed by atoms with Crippen molar-refractivity contribution in [2.24, 2.45) is 5.92 Å². The van der Waals surface area contributed by atoms with Gasteiger partial charge in [0.1, 0.15) is 5.76 Å². The summed E-state index contributed by atoms with van der Waals surface area (Å²) in [6, 6.07) is 0. The van der Waals surface area contributed by atoms with Crippen LogP contribution in [0.4, 0.5) is 0 Å². The van der Waals surface area contributed by atoms with Crippen LogP contribution in [0.3, 0.4) is 0 Å². The fraction of sp³-hybridized carbons (Fsp3) is 0.846. The first-order chi connectivity index (χ1) is 8.92. The summed E-state index contributed by atoms with van der Waals surface area (Å²) in [6.45, 7) is 10.8. The monoisotopic (exact) mass is 292 g/mol. The van der Waals surface area contributed by atoms with Gasteiger partial charge in [0.25, 0.3) is 0 Å². The normalized spacial score (nSPS) is 20.2. The summed E-state index contributed by atoms with van der Waals surface area (Å²) >= 11 is 0. The largest absolute Gasteiger partial charge is 0.469 e. The molecule has 1 aliphatic heterocycles. The van der Waals surface area contributed by atoms with Crippen molar-refractivity contribution >= 4 is 7.60 Å². The number of ether oxygens (including phenoxy) is 2. The van der Waals surface area contributed by atoms with E-state index in [1.165, 1.54) is 0 Å². The van der Waals surface area contributed by atoms with Gasteiger partial charge in [0.2, 0.25) is 6.29 Å². The molecule has 1 heterocycles. The molecule has 0 radical (unpaired) electrons. The van der Waals surface area contributed by atoms with Gasteiger partial charge in [-0.15, -0.1) is 0 Å². The Hall–Kier alpha value is -0.350. The van der Waals surface area contributed by atoms with E-state index >= 15 is 0 Å². The van der Waals surface area contributed by atoms with Gasteiger partial charge < -0.3 is 18.5 Å². The van der Waals surface area contributed by atoms with Gasteiger partial charge in [0.15, 0.2) is 0 Å². The summed E-state index contributed by atoms with van der Waals surface area (Å²) < 4.78 is 34.6. The van der Waals surface area contributed by atoms with Gasteiger partial charge in [-0.25, -0.2) is 0 Å². The van der Waals surface area contributed by atoms with Crippen LogP contribution in [0.25, 0.3) is 0 Å². The van der Waals surface area contributed by atoms with Crippen molar-refractivity contribution in [3.05, 3.63) is 11.1 Å². The third-order valence-electron chi connectivity index (χ3n) is 2.62. The Morgan fingerprint density at radius 1 is 1.32 bits per heavy atom. The summed E-state index contributed by atoms with van der Waals surface area (Å²) in [4.78, 5) is 0. The summed E-state index contributed by atoms with van der Waals surface area (Å²) in [5, 5.41) is 0.602. The Morgan fingerprint density at radius 3 is 2.37 bits per heavy atom. The average Bonchev–Trinajstić information content (AvgIpc) is 2.69. The smallest absolute Gasteiger partial charge is 0.360 e. The van der Waals surface area contributed by atoms with E-state index in [2.05, 4.69) is 13.8 Å². The van der Waals surface area contributed by atoms with E-state index in [4.69, 9.17) is 18.5 Å². The van der Waals surface area contributed by atoms with Gasteiger partial charge in [0.05, 0.1) is 25.1 Å². The first-order valence-corrected chi connectivity index (χ1v) is 8.34. The molecule has 0 saturated carbocycles. The molecular weight excluding hydrogens is 267 g/mol. The van der Waals surface area contributed by atoms with Gasteiger partial charge in [-0.3, -0.25) is 4.57 Å². The van der Waals surface area contributed by atoms with Crippen LogP contribution in [-0.4, -0.2) is 26.1 Å². The van der Waals surface area contributed by atoms with Crippen LogP contribution in [0.5, 0.6) is 0 Å². The third-order valence-corrected chi connectivity index (χ3v) is 4.97. The van der Waals surface area contributed by atoms with E-state index in [0.717, 1.165) is 0 Å². The van der Waals surface area contributed by atoms with Crippen molar-refractivity contribution in [2.75, 3.05) is 19.8 Å². The lowest BCUT2D eigenvalue weighted by Gasteiger charge is -2.18. The summed E-state index contributed by atoms with van der Waals surface area (Å²) in [6.07, 6.45) is 0.0576. The third kappa shape index (κ3) is 4.60. The van der Waals surface area contributed by atoms with E-state index in [-0.39, 0.29) is 6.29 Å². The molecule has 0 aromatic heterocycles. The molecule has 0 saturated heterocycles. The lowest BCUT2D eigenvalue weighted by Crippen LogP contribution is -2.15. The molecule has 1 aliphatic rings. The van der Waals surface area contributed by atoms with Crippen LogP contribution in [-0.2, 0) is 23.1 Å². The summed E-state index contributed by atoms with van der Waals surface area (Å²) in [5.41, 5.74) is 0. The minimum atomic E-state index is -3.23. The molecule has 6 heteroatoms. The van der Waals surface area contributed by atoms with Crippen molar-refractivity contribution < 1.29 is 23.1 Å². The minimum absolute atomic E-state index is 0.339. The lowest BCUT2D eigenvalue weighted by molar-refractivity contribution is -0.107. The molecule has 0 spiro atoms. The van der Waals surface area contributed by atoms with Crippen molar-refractivity contribution in [2.45, 2.75) is 47.3 Å². The highest BCUT2D eigenvalue weighted by Gasteiger charge is 2.39. The Labute approximate surface area is 115 Å². The first-order valence-electron chi connectivity index (χ1n) is 6.80. The second kappa shape index (κ2) is 7.44. The van der Waals surface area contributed by atoms with Gasteiger partial charge in [-0.1, -0.05) is 13.8 Å². The molecule has 1 atom stereocenters. The molecule has 0 aromatic rings. The second-order valence-corrected chi connectivity index (χ2v) is 6.87. The zero-order valence-electron chi connectivity index (χ0n) is 12.5. The van der Waals surface area contributed by atoms with Gasteiger partial charge in [0, 0.05) is 6.42 Å². The molecular formula is C13H25O5P. The standard InChI is InChI=1S/C13H25O5P/c1-6-16-19(14,17-7-2)12-8-13(18-11(12)5)15-9-10(3)4/h10,13H,6-9H2,1-5H3. The zero-order chi connectivity index (χ0) is 14.5. The van der Waals surface area contributed by atoms with Crippen molar-refractivity contribution in [3.63, 3.8) is 0 Å². The SMILES string of the molecule is CCOP(=O)(OCC)C1=C(C)OC(OCC(C)C)C1. The molecule has 0 bridgehead atoms. The summed E-state index contributed by atoms with van der Waals surface area (Å²) in [5.74, 6) is 1.03. The maximum atomic E-state index is 12.7. The fourth-order valence-electron chi connectivity index (χ4n) is 1.84. The van der Waals surface area contributed by atoms with Crippen LogP contribution in [0, 0.1) is 5.92 Å². The van der Waals surface area contributed by atoms with Gasteiger partial charge in [-0.05, 0) is 26.7 Å². The van der Waals surface area contributed by atoms with Crippen molar-refractivity contribution in [1.29, 1.82) is 0 Å². The summed E-state index contributed by atoms with van der Waals surface area (Å²) in [7, 11) is -3.23. The highest BCUT2D eigenvalue weighted by atomic mass is 31.2. The van der Waals surface area contributed by atoms with E-state index in [1.807, 2.05) is 0 Å². The number of allylic oxidation sites excluding steroid dienone is 1. The second-order valence-electron chi connectivity index (χ2n) is 4.81. The Kier molecular flexibility index (Phi) is 6.54. The van der Waals surface area contributed by atoms with Crippen molar-refractivity contribution in [1.82, 2.24) is 0 Å². The average molecular weight is 292 g/mol. The Bertz CT molecular complexity index is 354. The predicted octanol–water partition coefficient (Wildman–Crippen LogP) is 3.90. The molecule has 112 valence electrons. The molecule has 19 heavy (non-hydrogen) atoms. The zero-order valence-corrected chi connectivity index (χ0v) is 13.4. The molecule has 1 unspecified atom stereocenters. The highest BCUT2D eigenvalue weighted by Crippen LogP contribution is 2.60. The van der Waals surface area contributed by atoms with E-state index in [0.29, 0.717) is 43.2 Å². The van der Waals surface area contributed by atoms with E-state index in [1.54, 1.807) is 20.8 Å². The maximum absolute atomic E-state index is 12.7. The molecule has 0 aromatic carbocycles. The Morgan fingerprint density at radius 2 is 1.89 bits per heavy atom. The van der Waals surface area contributed by atoms with Crippen LogP contribution in [0.15, 0.2) is 11.1 Å². The highest BCUT2D eigenvalue weighted by molar-refractivity contribution is 7.58. The first kappa shape index (κ1) is 16.7. The minimum Gasteiger partial charge on any atom is -0.469 e. The van der Waals surface area contributed by atoms with Crippen LogP contribution >= 0.6 is 7.60 Å². The molecule has 0 N–H and O–H groups in total. The molecule has 1 rings (SSSR count). The Balaban J connectivity index is 2.71. The molecule has 0 aliphatic carbocycles. The number of hydrogen-bond acceptors (Lipinski definition) is 5. The lowest BCUT2D eigenvalue weighted by atomic mass is 10.2. The predicted molar refractivity (Wildman–Crippen MR) is 73.8 cm³/mol. The number of hydrogen-bond donors (Lipinski definition) is 0. The van der Waals surface area contributed by atoms with E-state index < -0.39 is 7.60 Å². The molecule has 5 nitrogen and oxygen atoms in total. The van der Waals surface area contributed by atoms with Crippen molar-refractivity contribution in [3.8, 4) is 0 Å². The van der Waals surface area contributed by atoms with Gasteiger partial charge >= 0.3 is 7.60 Å². The van der Waals surface area contributed by atoms with Crippen LogP contribution in [0.2, 0.25) is 0 Å². The maximum Gasteiger partial charge on any atom is 0.360 e. The molecule has 0 fully saturated rings.